The van der Waals surface area contributed by atoms with Gasteiger partial charge < -0.3 is 0 Å². The molecule has 3 aromatic rings. The van der Waals surface area contributed by atoms with Crippen LogP contribution >= 0.6 is 0 Å². The van der Waals surface area contributed by atoms with Crippen LogP contribution in [-0.4, -0.2) is 6.18 Å². The fraction of sp³-hybridized carbons (Fsp3) is 0.400. The molecule has 0 bridgehead atoms. The van der Waals surface area contributed by atoms with Crippen LogP contribution in [0.1, 0.15) is 63.0 Å². The molecule has 196 valence electrons. The fourth-order valence-electron chi connectivity index (χ4n) is 5.37. The van der Waals surface area contributed by atoms with E-state index in [9.17, 15) is 22.0 Å². The van der Waals surface area contributed by atoms with E-state index in [1.54, 1.807) is 0 Å². The van der Waals surface area contributed by atoms with E-state index < -0.39 is 35.0 Å². The molecule has 1 fully saturated rings. The minimum Gasteiger partial charge on any atom is -0.206 e. The predicted molar refractivity (Wildman–Crippen MR) is 131 cm³/mol. The van der Waals surface area contributed by atoms with Crippen LogP contribution in [0.15, 0.2) is 36.4 Å². The van der Waals surface area contributed by atoms with E-state index in [0.29, 0.717) is 17.9 Å². The maximum atomic E-state index is 15.0. The van der Waals surface area contributed by atoms with Crippen molar-refractivity contribution in [1.29, 1.82) is 0 Å². The number of hydrogen-bond donors (Lipinski definition) is 0. The van der Waals surface area contributed by atoms with Crippen molar-refractivity contribution in [2.24, 2.45) is 11.8 Å². The average molecular weight is 521 g/mol. The van der Waals surface area contributed by atoms with E-state index in [4.69, 9.17) is 0 Å². The van der Waals surface area contributed by atoms with Crippen LogP contribution in [0.25, 0.3) is 21.9 Å². The largest absolute Gasteiger partial charge is 0.458 e. The Morgan fingerprint density at radius 3 is 2.03 bits per heavy atom. The van der Waals surface area contributed by atoms with Crippen molar-refractivity contribution in [2.75, 3.05) is 0 Å². The Labute approximate surface area is 211 Å². The van der Waals surface area contributed by atoms with Gasteiger partial charge in [-0.15, -0.1) is 0 Å². The number of hydrogen-bond acceptors (Lipinski definition) is 0. The van der Waals surface area contributed by atoms with Crippen LogP contribution in [0.2, 0.25) is 0 Å². The first-order valence-corrected chi connectivity index (χ1v) is 12.6. The summed E-state index contributed by atoms with van der Waals surface area (Å²) in [4.78, 5) is 0. The highest BCUT2D eigenvalue weighted by molar-refractivity contribution is 5.89. The highest BCUT2D eigenvalue weighted by Crippen LogP contribution is 2.35. The second kappa shape index (κ2) is 11.2. The van der Waals surface area contributed by atoms with Gasteiger partial charge >= 0.3 is 6.18 Å². The molecule has 7 heteroatoms. The Bertz CT molecular complexity index is 1310. The molecular weight excluding hydrogens is 493 g/mol. The lowest BCUT2D eigenvalue weighted by Crippen LogP contribution is -2.15. The maximum Gasteiger partial charge on any atom is 0.458 e. The predicted octanol–water partition coefficient (Wildman–Crippen LogP) is 9.52. The van der Waals surface area contributed by atoms with E-state index in [1.165, 1.54) is 55.9 Å². The Hall–Kier alpha value is -3.01. The number of benzene rings is 3. The average Bonchev–Trinajstić information content (AvgIpc) is 2.82. The van der Waals surface area contributed by atoms with Crippen molar-refractivity contribution in [3.8, 4) is 23.0 Å². The lowest BCUT2D eigenvalue weighted by Gasteiger charge is -2.28. The molecule has 0 atom stereocenters. The van der Waals surface area contributed by atoms with Gasteiger partial charge in [0, 0.05) is 11.3 Å². The Morgan fingerprint density at radius 1 is 0.811 bits per heavy atom. The molecule has 37 heavy (non-hydrogen) atoms. The number of aryl methyl sites for hydroxylation is 1. The van der Waals surface area contributed by atoms with Crippen LogP contribution in [-0.2, 0) is 6.42 Å². The molecule has 0 aromatic heterocycles. The second-order valence-electron chi connectivity index (χ2n) is 9.88. The molecule has 0 nitrogen and oxygen atoms in total. The van der Waals surface area contributed by atoms with Gasteiger partial charge in [-0.05, 0) is 65.5 Å². The summed E-state index contributed by atoms with van der Waals surface area (Å²) in [5.74, 6) is -0.449. The number of fused-ring (bicyclic) bond motifs is 1. The first-order valence-electron chi connectivity index (χ1n) is 12.6. The molecule has 0 heterocycles. The highest BCUT2D eigenvalue weighted by Gasteiger charge is 2.24. The van der Waals surface area contributed by atoms with Crippen molar-refractivity contribution in [2.45, 2.75) is 64.5 Å². The van der Waals surface area contributed by atoms with Crippen LogP contribution in [0, 0.1) is 46.9 Å². The second-order valence-corrected chi connectivity index (χ2v) is 9.88. The third kappa shape index (κ3) is 6.47. The topological polar surface area (TPSA) is 0 Å². The molecule has 3 aromatic carbocycles. The van der Waals surface area contributed by atoms with E-state index in [0.717, 1.165) is 43.2 Å². The molecule has 1 aliphatic carbocycles. The van der Waals surface area contributed by atoms with Crippen LogP contribution < -0.4 is 0 Å². The third-order valence-electron chi connectivity index (χ3n) is 7.25. The van der Waals surface area contributed by atoms with Crippen LogP contribution in [0.5, 0.6) is 0 Å². The molecule has 0 saturated heterocycles. The molecule has 4 rings (SSSR count). The van der Waals surface area contributed by atoms with Crippen LogP contribution in [0.3, 0.4) is 0 Å². The smallest absolute Gasteiger partial charge is 0.206 e. The van der Waals surface area contributed by atoms with E-state index in [2.05, 4.69) is 6.92 Å². The van der Waals surface area contributed by atoms with Gasteiger partial charge in [-0.2, -0.15) is 13.2 Å². The van der Waals surface area contributed by atoms with Crippen molar-refractivity contribution in [3.63, 3.8) is 0 Å². The molecule has 1 saturated carbocycles. The lowest BCUT2D eigenvalue weighted by atomic mass is 9.78. The number of rotatable bonds is 6. The van der Waals surface area contributed by atoms with E-state index in [-0.39, 0.29) is 21.9 Å². The van der Waals surface area contributed by atoms with Crippen molar-refractivity contribution < 1.29 is 30.7 Å². The monoisotopic (exact) mass is 520 g/mol. The molecule has 0 unspecified atom stereocenters. The maximum absolute atomic E-state index is 15.0. The molecular formula is C30H27F7. The van der Waals surface area contributed by atoms with E-state index >= 15 is 8.78 Å². The molecule has 0 spiro atoms. The zero-order chi connectivity index (χ0) is 26.7. The first kappa shape index (κ1) is 27.0. The summed E-state index contributed by atoms with van der Waals surface area (Å²) >= 11 is 0. The summed E-state index contributed by atoms with van der Waals surface area (Å²) in [5.41, 5.74) is -0.720. The van der Waals surface area contributed by atoms with Crippen molar-refractivity contribution in [1.82, 2.24) is 0 Å². The van der Waals surface area contributed by atoms with Crippen molar-refractivity contribution >= 4 is 10.8 Å². The van der Waals surface area contributed by atoms with Gasteiger partial charge in [0.1, 0.15) is 23.3 Å². The fourth-order valence-corrected chi connectivity index (χ4v) is 5.37. The molecule has 1 aliphatic rings. The standard InChI is InChI=1S/C30H27F7/c1-2-3-18-4-6-19(7-5-18)8-9-20-14-26(32)28(27(33)15-20)21-10-11-23-22(16-21)17-25(31)24(29(23)34)12-13-30(35,36)37/h10-11,14-19H,2-9H2,1H3. The number of alkyl halides is 3. The minimum atomic E-state index is -4.91. The third-order valence-corrected chi connectivity index (χ3v) is 7.25. The van der Waals surface area contributed by atoms with Gasteiger partial charge in [-0.1, -0.05) is 63.5 Å². The zero-order valence-electron chi connectivity index (χ0n) is 20.4. The van der Waals surface area contributed by atoms with Gasteiger partial charge in [0.25, 0.3) is 0 Å². The normalized spacial score (nSPS) is 18.1. The minimum absolute atomic E-state index is 0.0494. The molecule has 0 aliphatic heterocycles. The SMILES string of the molecule is CCCC1CCC(CCc2cc(F)c(-c3ccc4c(F)c(C#CC(F)(F)F)c(F)cc4c3)c(F)c2)CC1. The van der Waals surface area contributed by atoms with Crippen LogP contribution in [0.4, 0.5) is 30.7 Å². The molecule has 0 amide bonds. The highest BCUT2D eigenvalue weighted by atomic mass is 19.4. The first-order chi connectivity index (χ1) is 17.6. The molecule has 0 radical (unpaired) electrons. The van der Waals surface area contributed by atoms with Gasteiger partial charge in [0.2, 0.25) is 0 Å². The summed E-state index contributed by atoms with van der Waals surface area (Å²) in [6.07, 6.45) is 3.67. The quantitative estimate of drug-likeness (QED) is 0.224. The lowest BCUT2D eigenvalue weighted by molar-refractivity contribution is -0.0696. The summed E-state index contributed by atoms with van der Waals surface area (Å²) in [6, 6.07) is 7.00. The van der Waals surface area contributed by atoms with Gasteiger partial charge in [-0.3, -0.25) is 0 Å². The summed E-state index contributed by atoms with van der Waals surface area (Å²) in [7, 11) is 0. The van der Waals surface area contributed by atoms with Gasteiger partial charge in [0.15, 0.2) is 0 Å². The van der Waals surface area contributed by atoms with E-state index in [1.807, 2.05) is 0 Å². The summed E-state index contributed by atoms with van der Waals surface area (Å²) < 4.78 is 96.1. The zero-order valence-corrected chi connectivity index (χ0v) is 20.4. The molecule has 0 N–H and O–H groups in total. The Balaban J connectivity index is 1.55. The van der Waals surface area contributed by atoms with Gasteiger partial charge in [0.05, 0.1) is 11.1 Å². The Kier molecular flexibility index (Phi) is 8.16. The van der Waals surface area contributed by atoms with Gasteiger partial charge in [-0.25, -0.2) is 17.6 Å². The van der Waals surface area contributed by atoms with Crippen molar-refractivity contribution in [3.05, 3.63) is 70.8 Å². The Morgan fingerprint density at radius 2 is 1.43 bits per heavy atom. The summed E-state index contributed by atoms with van der Waals surface area (Å²) in [6.45, 7) is 2.20. The number of halogens is 7. The summed E-state index contributed by atoms with van der Waals surface area (Å²) in [5, 5.41) is -0.255.